The molecule has 0 bridgehead atoms. The normalized spacial score (nSPS) is 10.1. The molecule has 2 aromatic carbocycles. The summed E-state index contributed by atoms with van der Waals surface area (Å²) in [4.78, 5) is 25.3. The van der Waals surface area contributed by atoms with Gasteiger partial charge >= 0.3 is 5.97 Å². The van der Waals surface area contributed by atoms with Gasteiger partial charge in [0.25, 0.3) is 5.91 Å². The van der Waals surface area contributed by atoms with Gasteiger partial charge < -0.3 is 14.4 Å². The summed E-state index contributed by atoms with van der Waals surface area (Å²) in [5, 5.41) is 0. The molecule has 2 rings (SSSR count). The number of benzene rings is 2. The Labute approximate surface area is 139 Å². The molecule has 0 saturated carbocycles. The van der Waals surface area contributed by atoms with Crippen molar-refractivity contribution in [2.45, 2.75) is 6.92 Å². The van der Waals surface area contributed by atoms with E-state index in [1.165, 1.54) is 36.2 Å². The molecule has 0 unspecified atom stereocenters. The van der Waals surface area contributed by atoms with Gasteiger partial charge in [0.2, 0.25) is 0 Å². The van der Waals surface area contributed by atoms with Crippen LogP contribution in [-0.4, -0.2) is 32.1 Å². The number of carbonyl (C=O) groups excluding carboxylic acids is 2. The van der Waals surface area contributed by atoms with Gasteiger partial charge in [-0.2, -0.15) is 0 Å². The maximum atomic E-state index is 12.9. The summed E-state index contributed by atoms with van der Waals surface area (Å²) in [5.74, 6) is -0.748. The Morgan fingerprint density at radius 3 is 2.25 bits per heavy atom. The number of anilines is 1. The monoisotopic (exact) mass is 331 g/mol. The number of hydrogen-bond acceptors (Lipinski definition) is 4. The molecule has 0 heterocycles. The van der Waals surface area contributed by atoms with E-state index in [1.807, 2.05) is 6.92 Å². The van der Waals surface area contributed by atoms with Crippen molar-refractivity contribution >= 4 is 17.6 Å². The standard InChI is InChI=1S/C18H18FNO4/c1-3-23-16-10-4-13(5-11-16)18(22)24-12-17(21)20(2)15-8-6-14(19)7-9-15/h4-11H,3,12H2,1-2H3. The molecule has 0 atom stereocenters. The molecular weight excluding hydrogens is 313 g/mol. The van der Waals surface area contributed by atoms with Crippen LogP contribution in [0.3, 0.4) is 0 Å². The van der Waals surface area contributed by atoms with Gasteiger partial charge in [0.15, 0.2) is 6.61 Å². The highest BCUT2D eigenvalue weighted by Gasteiger charge is 2.15. The Morgan fingerprint density at radius 1 is 1.04 bits per heavy atom. The summed E-state index contributed by atoms with van der Waals surface area (Å²) >= 11 is 0. The van der Waals surface area contributed by atoms with E-state index in [1.54, 1.807) is 24.3 Å². The van der Waals surface area contributed by atoms with Crippen LogP contribution in [0.5, 0.6) is 5.75 Å². The van der Waals surface area contributed by atoms with Gasteiger partial charge in [-0.3, -0.25) is 4.79 Å². The van der Waals surface area contributed by atoms with E-state index in [0.29, 0.717) is 23.6 Å². The number of amides is 1. The summed E-state index contributed by atoms with van der Waals surface area (Å²) < 4.78 is 23.2. The third-order valence-electron chi connectivity index (χ3n) is 3.32. The van der Waals surface area contributed by atoms with E-state index in [-0.39, 0.29) is 5.82 Å². The largest absolute Gasteiger partial charge is 0.494 e. The summed E-state index contributed by atoms with van der Waals surface area (Å²) in [5.41, 5.74) is 0.842. The quantitative estimate of drug-likeness (QED) is 0.764. The van der Waals surface area contributed by atoms with Crippen LogP contribution in [0.25, 0.3) is 0 Å². The summed E-state index contributed by atoms with van der Waals surface area (Å²) in [6.45, 7) is 2.00. The smallest absolute Gasteiger partial charge is 0.338 e. The van der Waals surface area contributed by atoms with Crippen LogP contribution in [0.2, 0.25) is 0 Å². The second-order valence-corrected chi connectivity index (χ2v) is 4.96. The molecule has 0 N–H and O–H groups in total. The predicted molar refractivity (Wildman–Crippen MR) is 87.7 cm³/mol. The number of carbonyl (C=O) groups is 2. The van der Waals surface area contributed by atoms with Crippen molar-refractivity contribution in [3.8, 4) is 5.75 Å². The third kappa shape index (κ3) is 4.55. The van der Waals surface area contributed by atoms with E-state index in [4.69, 9.17) is 9.47 Å². The molecule has 6 heteroatoms. The van der Waals surface area contributed by atoms with Gasteiger partial charge in [-0.1, -0.05) is 0 Å². The Bertz CT molecular complexity index is 698. The lowest BCUT2D eigenvalue weighted by Crippen LogP contribution is -2.31. The predicted octanol–water partition coefficient (Wildman–Crippen LogP) is 3.04. The molecule has 0 aromatic heterocycles. The zero-order valence-electron chi connectivity index (χ0n) is 13.5. The average molecular weight is 331 g/mol. The Kier molecular flexibility index (Phi) is 5.89. The molecule has 0 fully saturated rings. The fraction of sp³-hybridized carbons (Fsp3) is 0.222. The molecule has 0 aliphatic carbocycles. The first-order chi connectivity index (χ1) is 11.5. The molecule has 1 amide bonds. The van der Waals surface area contributed by atoms with Gasteiger partial charge in [-0.25, -0.2) is 9.18 Å². The lowest BCUT2D eigenvalue weighted by Gasteiger charge is -2.17. The van der Waals surface area contributed by atoms with Crippen LogP contribution in [0.15, 0.2) is 48.5 Å². The number of likely N-dealkylation sites (N-methyl/N-ethyl adjacent to an activating group) is 1. The number of hydrogen-bond donors (Lipinski definition) is 0. The van der Waals surface area contributed by atoms with Crippen LogP contribution >= 0.6 is 0 Å². The molecule has 0 aliphatic rings. The van der Waals surface area contributed by atoms with E-state index in [9.17, 15) is 14.0 Å². The van der Waals surface area contributed by atoms with Crippen molar-refractivity contribution in [3.63, 3.8) is 0 Å². The second-order valence-electron chi connectivity index (χ2n) is 4.96. The second kappa shape index (κ2) is 8.10. The molecule has 126 valence electrons. The average Bonchev–Trinajstić information content (AvgIpc) is 2.60. The zero-order valence-corrected chi connectivity index (χ0v) is 13.5. The highest BCUT2D eigenvalue weighted by Crippen LogP contribution is 2.15. The van der Waals surface area contributed by atoms with Gasteiger partial charge in [-0.15, -0.1) is 0 Å². The SMILES string of the molecule is CCOc1ccc(C(=O)OCC(=O)N(C)c2ccc(F)cc2)cc1. The fourth-order valence-electron chi connectivity index (χ4n) is 1.97. The van der Waals surface area contributed by atoms with Crippen LogP contribution in [-0.2, 0) is 9.53 Å². The molecule has 24 heavy (non-hydrogen) atoms. The van der Waals surface area contributed by atoms with Crippen molar-refractivity contribution in [2.75, 3.05) is 25.2 Å². The number of halogens is 1. The van der Waals surface area contributed by atoms with Gasteiger partial charge in [0.05, 0.1) is 12.2 Å². The Hall–Kier alpha value is -2.89. The van der Waals surface area contributed by atoms with Crippen molar-refractivity contribution in [3.05, 3.63) is 59.9 Å². The lowest BCUT2D eigenvalue weighted by molar-refractivity contribution is -0.121. The zero-order chi connectivity index (χ0) is 17.5. The Morgan fingerprint density at radius 2 is 1.67 bits per heavy atom. The summed E-state index contributed by atoms with van der Waals surface area (Å²) in [6.07, 6.45) is 0. The third-order valence-corrected chi connectivity index (χ3v) is 3.32. The lowest BCUT2D eigenvalue weighted by atomic mass is 10.2. The minimum atomic E-state index is -0.598. The van der Waals surface area contributed by atoms with Crippen molar-refractivity contribution < 1.29 is 23.5 Å². The van der Waals surface area contributed by atoms with Crippen LogP contribution in [0, 0.1) is 5.82 Å². The van der Waals surface area contributed by atoms with E-state index >= 15 is 0 Å². The van der Waals surface area contributed by atoms with Gasteiger partial charge in [0, 0.05) is 12.7 Å². The first kappa shape index (κ1) is 17.5. The molecule has 0 radical (unpaired) electrons. The summed E-state index contributed by atoms with van der Waals surface area (Å²) in [6, 6.07) is 11.9. The number of esters is 1. The molecule has 2 aromatic rings. The van der Waals surface area contributed by atoms with E-state index in [0.717, 1.165) is 0 Å². The molecule has 0 saturated heterocycles. The van der Waals surface area contributed by atoms with Gasteiger partial charge in [-0.05, 0) is 55.5 Å². The number of nitrogens with zero attached hydrogens (tertiary/aromatic N) is 1. The molecule has 5 nitrogen and oxygen atoms in total. The van der Waals surface area contributed by atoms with E-state index < -0.39 is 18.5 Å². The van der Waals surface area contributed by atoms with Crippen molar-refractivity contribution in [2.24, 2.45) is 0 Å². The topological polar surface area (TPSA) is 55.8 Å². The number of ether oxygens (including phenoxy) is 2. The minimum Gasteiger partial charge on any atom is -0.494 e. The molecular formula is C18H18FNO4. The molecule has 0 spiro atoms. The van der Waals surface area contributed by atoms with Gasteiger partial charge in [0.1, 0.15) is 11.6 Å². The Balaban J connectivity index is 1.90. The maximum absolute atomic E-state index is 12.9. The highest BCUT2D eigenvalue weighted by molar-refractivity contribution is 5.96. The maximum Gasteiger partial charge on any atom is 0.338 e. The minimum absolute atomic E-state index is 0.329. The fourth-order valence-corrected chi connectivity index (χ4v) is 1.97. The first-order valence-electron chi connectivity index (χ1n) is 7.43. The van der Waals surface area contributed by atoms with Crippen molar-refractivity contribution in [1.29, 1.82) is 0 Å². The van der Waals surface area contributed by atoms with Crippen LogP contribution in [0.1, 0.15) is 17.3 Å². The summed E-state index contributed by atoms with van der Waals surface area (Å²) in [7, 11) is 1.53. The van der Waals surface area contributed by atoms with Crippen LogP contribution in [0.4, 0.5) is 10.1 Å². The highest BCUT2D eigenvalue weighted by atomic mass is 19.1. The van der Waals surface area contributed by atoms with Crippen molar-refractivity contribution in [1.82, 2.24) is 0 Å². The van der Waals surface area contributed by atoms with Crippen LogP contribution < -0.4 is 9.64 Å². The molecule has 0 aliphatic heterocycles. The van der Waals surface area contributed by atoms with E-state index in [2.05, 4.69) is 0 Å². The first-order valence-corrected chi connectivity index (χ1v) is 7.43. The number of rotatable bonds is 6.